The van der Waals surface area contributed by atoms with Crippen LogP contribution in [0.25, 0.3) is 5.65 Å². The summed E-state index contributed by atoms with van der Waals surface area (Å²) in [6.45, 7) is 5.36. The van der Waals surface area contributed by atoms with Crippen LogP contribution in [-0.4, -0.2) is 31.6 Å². The van der Waals surface area contributed by atoms with Crippen LogP contribution in [-0.2, 0) is 13.0 Å². The molecule has 0 bridgehead atoms. The van der Waals surface area contributed by atoms with Crippen LogP contribution in [0.2, 0.25) is 0 Å². The third-order valence-corrected chi connectivity index (χ3v) is 5.59. The number of nitrogens with zero attached hydrogens (tertiary/aromatic N) is 4. The summed E-state index contributed by atoms with van der Waals surface area (Å²) in [5.74, 6) is 0.795. The second kappa shape index (κ2) is 7.36. The lowest BCUT2D eigenvalue weighted by molar-refractivity contribution is 0.0953. The number of hydrogen-bond acceptors (Lipinski definition) is 4. The van der Waals surface area contributed by atoms with Gasteiger partial charge in [0, 0.05) is 35.4 Å². The average Bonchev–Trinajstić information content (AvgIpc) is 3.38. The lowest BCUT2D eigenvalue weighted by Gasteiger charge is -2.09. The van der Waals surface area contributed by atoms with Crippen LogP contribution in [0.15, 0.2) is 48.0 Å². The van der Waals surface area contributed by atoms with Crippen molar-refractivity contribution in [1.29, 1.82) is 0 Å². The number of pyridine rings is 1. The van der Waals surface area contributed by atoms with Crippen LogP contribution in [0.4, 0.5) is 0 Å². The van der Waals surface area contributed by atoms with E-state index in [-0.39, 0.29) is 5.91 Å². The third kappa shape index (κ3) is 3.50. The molecule has 0 radical (unpaired) electrons. The maximum Gasteiger partial charge on any atom is 0.253 e. The molecule has 6 nitrogen and oxygen atoms in total. The van der Waals surface area contributed by atoms with Gasteiger partial charge in [-0.15, -0.1) is 21.5 Å². The van der Waals surface area contributed by atoms with E-state index in [0.717, 1.165) is 35.0 Å². The summed E-state index contributed by atoms with van der Waals surface area (Å²) in [6.07, 6.45) is 2.57. The van der Waals surface area contributed by atoms with Gasteiger partial charge in [-0.1, -0.05) is 12.1 Å². The summed E-state index contributed by atoms with van der Waals surface area (Å²) < 4.78 is 4.13. The average molecular weight is 379 g/mol. The normalized spacial score (nSPS) is 11.2. The monoisotopic (exact) mass is 379 g/mol. The molecule has 0 aliphatic heterocycles. The highest BCUT2D eigenvalue weighted by molar-refractivity contribution is 7.09. The molecule has 0 saturated carbocycles. The molecule has 0 unspecified atom stereocenters. The predicted molar refractivity (Wildman–Crippen MR) is 106 cm³/mol. The van der Waals surface area contributed by atoms with E-state index in [2.05, 4.69) is 37.6 Å². The van der Waals surface area contributed by atoms with E-state index in [9.17, 15) is 4.79 Å². The number of amides is 1. The molecule has 138 valence electrons. The smallest absolute Gasteiger partial charge is 0.253 e. The molecule has 0 aromatic carbocycles. The Morgan fingerprint density at radius 3 is 2.89 bits per heavy atom. The lowest BCUT2D eigenvalue weighted by atomic mass is 10.2. The van der Waals surface area contributed by atoms with Gasteiger partial charge >= 0.3 is 0 Å². The molecule has 0 spiro atoms. The zero-order valence-corrected chi connectivity index (χ0v) is 16.2. The molecule has 4 rings (SSSR count). The Morgan fingerprint density at radius 1 is 1.19 bits per heavy atom. The molecule has 0 atom stereocenters. The summed E-state index contributed by atoms with van der Waals surface area (Å²) in [6, 6.07) is 11.9. The molecular formula is C20H21N5OS. The fourth-order valence-corrected chi connectivity index (χ4v) is 3.97. The molecule has 0 fully saturated rings. The number of rotatable bonds is 6. The number of thiophene rings is 1. The van der Waals surface area contributed by atoms with Gasteiger partial charge in [0.15, 0.2) is 5.65 Å². The number of aryl methyl sites for hydroxylation is 1. The van der Waals surface area contributed by atoms with E-state index in [1.165, 1.54) is 4.88 Å². The zero-order chi connectivity index (χ0) is 18.8. The summed E-state index contributed by atoms with van der Waals surface area (Å²) in [4.78, 5) is 13.9. The van der Waals surface area contributed by atoms with Gasteiger partial charge in [-0.3, -0.25) is 9.20 Å². The molecule has 4 heterocycles. The van der Waals surface area contributed by atoms with E-state index < -0.39 is 0 Å². The van der Waals surface area contributed by atoms with Gasteiger partial charge in [-0.05, 0) is 43.5 Å². The van der Waals surface area contributed by atoms with Crippen LogP contribution in [0, 0.1) is 13.8 Å². The highest BCUT2D eigenvalue weighted by atomic mass is 32.1. The summed E-state index contributed by atoms with van der Waals surface area (Å²) in [5.41, 5.74) is 3.63. The molecule has 27 heavy (non-hydrogen) atoms. The number of nitrogens with one attached hydrogen (secondary N) is 1. The largest absolute Gasteiger partial charge is 0.352 e. The number of fused-ring (bicyclic) bond motifs is 1. The lowest BCUT2D eigenvalue weighted by Crippen LogP contribution is -2.26. The molecule has 1 amide bonds. The Kier molecular flexibility index (Phi) is 4.77. The minimum atomic E-state index is -0.0469. The minimum Gasteiger partial charge on any atom is -0.352 e. The molecule has 0 saturated heterocycles. The van der Waals surface area contributed by atoms with Crippen molar-refractivity contribution in [2.24, 2.45) is 0 Å². The van der Waals surface area contributed by atoms with E-state index in [0.29, 0.717) is 13.0 Å². The van der Waals surface area contributed by atoms with E-state index >= 15 is 0 Å². The topological polar surface area (TPSA) is 64.2 Å². The highest BCUT2D eigenvalue weighted by Gasteiger charge is 2.16. The van der Waals surface area contributed by atoms with E-state index in [1.807, 2.05) is 48.7 Å². The van der Waals surface area contributed by atoms with Gasteiger partial charge in [-0.2, -0.15) is 0 Å². The van der Waals surface area contributed by atoms with Crippen molar-refractivity contribution in [2.75, 3.05) is 6.54 Å². The fraction of sp³-hybridized carbons (Fsp3) is 0.250. The standard InChI is InChI=1S/C20H21N5OS/c1-14-12-17(15(2)25(14)13-16-6-5-11-27-16)20(26)21-9-8-19-23-22-18-7-3-4-10-24(18)19/h3-7,10-12H,8-9,13H2,1-2H3,(H,21,26). The van der Waals surface area contributed by atoms with Gasteiger partial charge in [0.1, 0.15) is 5.82 Å². The number of hydrogen-bond donors (Lipinski definition) is 1. The van der Waals surface area contributed by atoms with Crippen molar-refractivity contribution >= 4 is 22.9 Å². The summed E-state index contributed by atoms with van der Waals surface area (Å²) in [7, 11) is 0. The van der Waals surface area contributed by atoms with Crippen LogP contribution < -0.4 is 5.32 Å². The van der Waals surface area contributed by atoms with Gasteiger partial charge in [0.05, 0.1) is 12.1 Å². The fourth-order valence-electron chi connectivity index (χ4n) is 3.28. The number of aromatic nitrogens is 4. The van der Waals surface area contributed by atoms with Crippen LogP contribution in [0.5, 0.6) is 0 Å². The number of carbonyl (C=O) groups excluding carboxylic acids is 1. The Labute approximate surface area is 161 Å². The van der Waals surface area contributed by atoms with Crippen LogP contribution >= 0.6 is 11.3 Å². The predicted octanol–water partition coefficient (Wildman–Crippen LogP) is 3.23. The van der Waals surface area contributed by atoms with Crippen molar-refractivity contribution < 1.29 is 4.79 Å². The van der Waals surface area contributed by atoms with Crippen LogP contribution in [0.1, 0.15) is 32.4 Å². The second-order valence-electron chi connectivity index (χ2n) is 6.50. The van der Waals surface area contributed by atoms with Gasteiger partial charge in [-0.25, -0.2) is 0 Å². The summed E-state index contributed by atoms with van der Waals surface area (Å²) >= 11 is 1.73. The van der Waals surface area contributed by atoms with Gasteiger partial charge in [0.2, 0.25) is 0 Å². The molecule has 7 heteroatoms. The first-order valence-electron chi connectivity index (χ1n) is 8.89. The van der Waals surface area contributed by atoms with Crippen LogP contribution in [0.3, 0.4) is 0 Å². The number of carbonyl (C=O) groups is 1. The van der Waals surface area contributed by atoms with Crippen molar-refractivity contribution in [3.8, 4) is 0 Å². The molecular weight excluding hydrogens is 358 g/mol. The molecule has 0 aliphatic rings. The van der Waals surface area contributed by atoms with Crippen molar-refractivity contribution in [3.63, 3.8) is 0 Å². The first kappa shape index (κ1) is 17.5. The van der Waals surface area contributed by atoms with Crippen molar-refractivity contribution in [1.82, 2.24) is 24.5 Å². The SMILES string of the molecule is Cc1cc(C(=O)NCCc2nnc3ccccn23)c(C)n1Cc1cccs1. The maximum atomic E-state index is 12.7. The zero-order valence-electron chi connectivity index (χ0n) is 15.3. The Hall–Kier alpha value is -2.93. The second-order valence-corrected chi connectivity index (χ2v) is 7.53. The maximum absolute atomic E-state index is 12.7. The molecule has 4 aromatic rings. The van der Waals surface area contributed by atoms with Gasteiger partial charge in [0.25, 0.3) is 5.91 Å². The Morgan fingerprint density at radius 2 is 2.07 bits per heavy atom. The van der Waals surface area contributed by atoms with Crippen molar-refractivity contribution in [2.45, 2.75) is 26.8 Å². The van der Waals surface area contributed by atoms with Gasteiger partial charge < -0.3 is 9.88 Å². The molecule has 4 aromatic heterocycles. The van der Waals surface area contributed by atoms with E-state index in [1.54, 1.807) is 11.3 Å². The Bertz CT molecular complexity index is 1080. The highest BCUT2D eigenvalue weighted by Crippen LogP contribution is 2.19. The Balaban J connectivity index is 1.42. The first-order chi connectivity index (χ1) is 13.1. The summed E-state index contributed by atoms with van der Waals surface area (Å²) in [5, 5.41) is 13.4. The van der Waals surface area contributed by atoms with E-state index in [4.69, 9.17) is 0 Å². The minimum absolute atomic E-state index is 0.0469. The quantitative estimate of drug-likeness (QED) is 0.559. The third-order valence-electron chi connectivity index (χ3n) is 4.73. The molecule has 0 aliphatic carbocycles. The first-order valence-corrected chi connectivity index (χ1v) is 9.77. The molecule has 1 N–H and O–H groups in total. The van der Waals surface area contributed by atoms with Crippen molar-refractivity contribution in [3.05, 3.63) is 75.6 Å².